The van der Waals surface area contributed by atoms with Gasteiger partial charge in [-0.25, -0.2) is 14.8 Å². The van der Waals surface area contributed by atoms with E-state index in [4.69, 9.17) is 15.2 Å². The third-order valence-electron chi connectivity index (χ3n) is 3.57. The van der Waals surface area contributed by atoms with Gasteiger partial charge in [0, 0.05) is 22.6 Å². The number of amidine groups is 1. The van der Waals surface area contributed by atoms with Gasteiger partial charge in [-0.1, -0.05) is 15.9 Å². The van der Waals surface area contributed by atoms with Gasteiger partial charge in [-0.3, -0.25) is 10.3 Å². The fraction of sp³-hybridized carbons (Fsp3) is 0.250. The van der Waals surface area contributed by atoms with E-state index >= 15 is 0 Å². The Morgan fingerprint density at radius 2 is 2.00 bits per heavy atom. The van der Waals surface area contributed by atoms with E-state index in [0.717, 1.165) is 10.0 Å². The molecule has 1 aliphatic heterocycles. The number of nitrogens with zero attached hydrogens (tertiary/aromatic N) is 3. The maximum atomic E-state index is 12.1. The number of amides is 1. The molecule has 10 heteroatoms. The molecule has 0 unspecified atom stereocenters. The summed E-state index contributed by atoms with van der Waals surface area (Å²) in [4.78, 5) is 24.4. The third-order valence-corrected chi connectivity index (χ3v) is 4.44. The van der Waals surface area contributed by atoms with Crippen LogP contribution in [0.3, 0.4) is 0 Å². The zero-order chi connectivity index (χ0) is 18.7. The van der Waals surface area contributed by atoms with Crippen molar-refractivity contribution in [3.8, 4) is 6.01 Å². The number of benzene rings is 1. The first kappa shape index (κ1) is 18.7. The van der Waals surface area contributed by atoms with E-state index in [1.807, 2.05) is 13.0 Å². The van der Waals surface area contributed by atoms with Gasteiger partial charge in [-0.2, -0.15) is 0 Å². The van der Waals surface area contributed by atoms with Gasteiger partial charge < -0.3 is 15.2 Å². The van der Waals surface area contributed by atoms with Crippen molar-refractivity contribution in [2.24, 2.45) is 10.7 Å². The second-order valence-electron chi connectivity index (χ2n) is 5.80. The molecular weight excluding hydrogens is 470 g/mol. The Morgan fingerprint density at radius 3 is 2.69 bits per heavy atom. The van der Waals surface area contributed by atoms with E-state index < -0.39 is 11.6 Å². The molecule has 1 aromatic carbocycles. The number of ether oxygens (including phenoxy) is 2. The Labute approximate surface area is 166 Å². The lowest BCUT2D eigenvalue weighted by Crippen LogP contribution is -2.37. The SMILES string of the molecule is C[C@@]1(c2cc(Br)cc(NC(=O)Oc3ncc(Br)cn3)c2)COCC(N)=N1. The first-order chi connectivity index (χ1) is 12.3. The van der Waals surface area contributed by atoms with E-state index in [1.54, 1.807) is 12.1 Å². The smallest absolute Gasteiger partial charge is 0.386 e. The average Bonchev–Trinajstić information content (AvgIpc) is 2.56. The maximum Gasteiger partial charge on any atom is 0.419 e. The minimum atomic E-state index is -0.704. The zero-order valence-corrected chi connectivity index (χ0v) is 16.9. The number of aromatic nitrogens is 2. The standard InChI is InChI=1S/C16H15Br2N5O3/c1-16(8-25-7-13(19)23-16)9-2-10(17)4-12(3-9)22-15(24)26-14-20-5-11(18)6-21-14/h2-6H,7-8H2,1H3,(H2,19,23)(H,22,24)/t16-/m0/s1. The normalized spacial score (nSPS) is 19.6. The zero-order valence-electron chi connectivity index (χ0n) is 13.7. The molecule has 0 saturated heterocycles. The summed E-state index contributed by atoms with van der Waals surface area (Å²) in [5.74, 6) is 0.431. The summed E-state index contributed by atoms with van der Waals surface area (Å²) in [6.45, 7) is 2.62. The van der Waals surface area contributed by atoms with Crippen molar-refractivity contribution in [3.63, 3.8) is 0 Å². The van der Waals surface area contributed by atoms with Crippen molar-refractivity contribution in [3.05, 3.63) is 45.1 Å². The number of anilines is 1. The van der Waals surface area contributed by atoms with Crippen LogP contribution in [0.15, 0.2) is 44.5 Å². The second kappa shape index (κ2) is 7.68. The van der Waals surface area contributed by atoms with E-state index in [0.29, 0.717) is 29.2 Å². The molecule has 8 nitrogen and oxygen atoms in total. The van der Waals surface area contributed by atoms with Crippen molar-refractivity contribution < 1.29 is 14.3 Å². The van der Waals surface area contributed by atoms with Crippen LogP contribution in [0, 0.1) is 0 Å². The molecule has 0 fully saturated rings. The highest BCUT2D eigenvalue weighted by molar-refractivity contribution is 9.10. The van der Waals surface area contributed by atoms with Crippen LogP contribution in [-0.4, -0.2) is 35.1 Å². The topological polar surface area (TPSA) is 112 Å². The fourth-order valence-electron chi connectivity index (χ4n) is 2.44. The van der Waals surface area contributed by atoms with Gasteiger partial charge in [0.2, 0.25) is 0 Å². The summed E-state index contributed by atoms with van der Waals surface area (Å²) >= 11 is 6.65. The van der Waals surface area contributed by atoms with Gasteiger partial charge in [0.25, 0.3) is 0 Å². The number of halogens is 2. The highest BCUT2D eigenvalue weighted by Crippen LogP contribution is 2.32. The molecule has 0 radical (unpaired) electrons. The van der Waals surface area contributed by atoms with Crippen LogP contribution >= 0.6 is 31.9 Å². The monoisotopic (exact) mass is 483 g/mol. The van der Waals surface area contributed by atoms with Crippen LogP contribution in [0.25, 0.3) is 0 Å². The van der Waals surface area contributed by atoms with Crippen LogP contribution in [0.5, 0.6) is 6.01 Å². The molecular formula is C16H15Br2N5O3. The Bertz CT molecular complexity index is 859. The molecule has 0 spiro atoms. The average molecular weight is 485 g/mol. The van der Waals surface area contributed by atoms with Gasteiger partial charge >= 0.3 is 12.1 Å². The van der Waals surface area contributed by atoms with Crippen molar-refractivity contribution in [2.45, 2.75) is 12.5 Å². The van der Waals surface area contributed by atoms with Gasteiger partial charge in [0.15, 0.2) is 0 Å². The first-order valence-corrected chi connectivity index (χ1v) is 9.12. The number of hydrogen-bond donors (Lipinski definition) is 2. The molecule has 0 saturated carbocycles. The van der Waals surface area contributed by atoms with Gasteiger partial charge in [0.1, 0.15) is 18.0 Å². The molecule has 1 aliphatic rings. The summed E-state index contributed by atoms with van der Waals surface area (Å²) in [7, 11) is 0. The van der Waals surface area contributed by atoms with Crippen molar-refractivity contribution in [2.75, 3.05) is 18.5 Å². The summed E-state index contributed by atoms with van der Waals surface area (Å²) < 4.78 is 12.0. The van der Waals surface area contributed by atoms with Gasteiger partial charge in [-0.05, 0) is 46.6 Å². The predicted molar refractivity (Wildman–Crippen MR) is 103 cm³/mol. The van der Waals surface area contributed by atoms with Crippen LogP contribution in [0.4, 0.5) is 10.5 Å². The second-order valence-corrected chi connectivity index (χ2v) is 7.63. The Balaban J connectivity index is 1.78. The lowest BCUT2D eigenvalue weighted by atomic mass is 9.92. The highest BCUT2D eigenvalue weighted by atomic mass is 79.9. The summed E-state index contributed by atoms with van der Waals surface area (Å²) in [6, 6.07) is 5.39. The molecule has 1 aromatic heterocycles. The lowest BCUT2D eigenvalue weighted by Gasteiger charge is -2.30. The lowest BCUT2D eigenvalue weighted by molar-refractivity contribution is 0.106. The van der Waals surface area contributed by atoms with Crippen molar-refractivity contribution in [1.29, 1.82) is 0 Å². The fourth-order valence-corrected chi connectivity index (χ4v) is 3.13. The number of nitrogens with two attached hydrogens (primary N) is 1. The maximum absolute atomic E-state index is 12.1. The van der Waals surface area contributed by atoms with Crippen molar-refractivity contribution in [1.82, 2.24) is 9.97 Å². The minimum Gasteiger partial charge on any atom is -0.386 e. The number of carbonyl (C=O) groups is 1. The minimum absolute atomic E-state index is 0.0501. The summed E-state index contributed by atoms with van der Waals surface area (Å²) in [6.07, 6.45) is 2.27. The Morgan fingerprint density at radius 1 is 1.27 bits per heavy atom. The molecule has 2 heterocycles. The largest absolute Gasteiger partial charge is 0.419 e. The first-order valence-electron chi connectivity index (χ1n) is 7.53. The van der Waals surface area contributed by atoms with Crippen LogP contribution in [0.1, 0.15) is 12.5 Å². The molecule has 1 amide bonds. The van der Waals surface area contributed by atoms with Crippen LogP contribution < -0.4 is 15.8 Å². The molecule has 26 heavy (non-hydrogen) atoms. The van der Waals surface area contributed by atoms with Gasteiger partial charge in [0.05, 0.1) is 11.1 Å². The molecule has 0 bridgehead atoms. The molecule has 2 aromatic rings. The number of carbonyl (C=O) groups excluding carboxylic acids is 1. The van der Waals surface area contributed by atoms with Crippen LogP contribution in [-0.2, 0) is 10.3 Å². The quantitative estimate of drug-likeness (QED) is 0.691. The van der Waals surface area contributed by atoms with Crippen LogP contribution in [0.2, 0.25) is 0 Å². The highest BCUT2D eigenvalue weighted by Gasteiger charge is 2.30. The number of nitrogens with one attached hydrogen (secondary N) is 1. The summed E-state index contributed by atoms with van der Waals surface area (Å²) in [5, 5.41) is 2.65. The molecule has 3 N–H and O–H groups in total. The van der Waals surface area contributed by atoms with E-state index in [9.17, 15) is 4.79 Å². The third kappa shape index (κ3) is 4.57. The number of hydrogen-bond acceptors (Lipinski definition) is 7. The Hall–Kier alpha value is -2.04. The van der Waals surface area contributed by atoms with E-state index in [2.05, 4.69) is 52.1 Å². The molecule has 1 atom stereocenters. The summed E-state index contributed by atoms with van der Waals surface area (Å²) in [5.41, 5.74) is 6.53. The predicted octanol–water partition coefficient (Wildman–Crippen LogP) is 3.22. The van der Waals surface area contributed by atoms with Crippen molar-refractivity contribution >= 4 is 49.5 Å². The molecule has 3 rings (SSSR count). The molecule has 0 aliphatic carbocycles. The number of aliphatic imine (C=N–C) groups is 1. The Kier molecular flexibility index (Phi) is 5.54. The van der Waals surface area contributed by atoms with Gasteiger partial charge in [-0.15, -0.1) is 0 Å². The van der Waals surface area contributed by atoms with E-state index in [-0.39, 0.29) is 6.01 Å². The van der Waals surface area contributed by atoms with E-state index in [1.165, 1.54) is 12.4 Å². The number of rotatable bonds is 3. The molecule has 136 valence electrons.